The van der Waals surface area contributed by atoms with E-state index in [1.165, 1.54) is 0 Å². The Bertz CT molecular complexity index is 680. The number of H-pyrrole nitrogens is 1. The van der Waals surface area contributed by atoms with E-state index in [9.17, 15) is 9.90 Å². The molecule has 2 aromatic rings. The number of aromatic nitrogens is 3. The summed E-state index contributed by atoms with van der Waals surface area (Å²) in [6.07, 6.45) is 6.53. The molecule has 118 valence electrons. The molecule has 1 aliphatic carbocycles. The molecule has 3 N–H and O–H groups in total. The Morgan fingerprint density at radius 2 is 2.18 bits per heavy atom. The molecule has 6 heteroatoms. The number of aliphatic hydroxyl groups excluding tert-OH is 1. The van der Waals surface area contributed by atoms with E-state index >= 15 is 0 Å². The first kappa shape index (κ1) is 15.0. The number of rotatable bonds is 3. The van der Waals surface area contributed by atoms with Crippen LogP contribution in [0.2, 0.25) is 0 Å². The van der Waals surface area contributed by atoms with Gasteiger partial charge < -0.3 is 15.4 Å². The predicted octanol–water partition coefficient (Wildman–Crippen LogP) is 2.11. The van der Waals surface area contributed by atoms with Gasteiger partial charge in [0.2, 0.25) is 0 Å². The molecule has 0 spiro atoms. The van der Waals surface area contributed by atoms with Crippen LogP contribution < -0.4 is 5.32 Å². The first-order chi connectivity index (χ1) is 10.6. The molecule has 0 aliphatic heterocycles. The summed E-state index contributed by atoms with van der Waals surface area (Å²) in [6.45, 7) is 4.08. The minimum atomic E-state index is -0.458. The zero-order valence-electron chi connectivity index (χ0n) is 13.0. The fourth-order valence-electron chi connectivity index (χ4n) is 2.88. The third-order valence-corrected chi connectivity index (χ3v) is 4.28. The Kier molecular flexibility index (Phi) is 4.11. The Labute approximate surface area is 129 Å². The molecule has 1 aliphatic rings. The van der Waals surface area contributed by atoms with Gasteiger partial charge in [-0.15, -0.1) is 0 Å². The summed E-state index contributed by atoms with van der Waals surface area (Å²) in [7, 11) is 0. The van der Waals surface area contributed by atoms with Crippen LogP contribution in [0.3, 0.4) is 0 Å². The smallest absolute Gasteiger partial charge is 0.255 e. The van der Waals surface area contributed by atoms with Crippen molar-refractivity contribution >= 4 is 17.1 Å². The van der Waals surface area contributed by atoms with Crippen molar-refractivity contribution in [3.8, 4) is 0 Å². The molecule has 1 saturated carbocycles. The SMILES string of the molecule is CC(C)c1cnc2[nH]cc(C(=O)NC3CCCCC3O)c2n1. The van der Waals surface area contributed by atoms with E-state index in [-0.39, 0.29) is 17.9 Å². The van der Waals surface area contributed by atoms with Gasteiger partial charge in [-0.05, 0) is 18.8 Å². The van der Waals surface area contributed by atoms with Gasteiger partial charge in [-0.2, -0.15) is 0 Å². The van der Waals surface area contributed by atoms with E-state index in [4.69, 9.17) is 0 Å². The maximum Gasteiger partial charge on any atom is 0.255 e. The molecule has 1 amide bonds. The minimum Gasteiger partial charge on any atom is -0.391 e. The van der Waals surface area contributed by atoms with Crippen LogP contribution in [0.15, 0.2) is 12.4 Å². The topological polar surface area (TPSA) is 90.9 Å². The summed E-state index contributed by atoms with van der Waals surface area (Å²) in [5.41, 5.74) is 2.55. The minimum absolute atomic E-state index is 0.174. The second-order valence-electron chi connectivity index (χ2n) is 6.28. The van der Waals surface area contributed by atoms with Crippen molar-refractivity contribution < 1.29 is 9.90 Å². The largest absolute Gasteiger partial charge is 0.391 e. The molecule has 1 fully saturated rings. The number of amides is 1. The van der Waals surface area contributed by atoms with E-state index in [0.717, 1.165) is 31.4 Å². The van der Waals surface area contributed by atoms with Crippen LogP contribution >= 0.6 is 0 Å². The Balaban J connectivity index is 1.85. The van der Waals surface area contributed by atoms with Crippen molar-refractivity contribution in [3.05, 3.63) is 23.7 Å². The van der Waals surface area contributed by atoms with Crippen molar-refractivity contribution in [2.24, 2.45) is 0 Å². The van der Waals surface area contributed by atoms with Crippen molar-refractivity contribution in [2.45, 2.75) is 57.6 Å². The molecular weight excluding hydrogens is 280 g/mol. The van der Waals surface area contributed by atoms with Crippen molar-refractivity contribution in [2.75, 3.05) is 0 Å². The fraction of sp³-hybridized carbons (Fsp3) is 0.562. The van der Waals surface area contributed by atoms with Crippen molar-refractivity contribution in [3.63, 3.8) is 0 Å². The van der Waals surface area contributed by atoms with Gasteiger partial charge in [-0.1, -0.05) is 26.7 Å². The van der Waals surface area contributed by atoms with Gasteiger partial charge in [-0.25, -0.2) is 9.97 Å². The molecule has 3 rings (SSSR count). The molecular formula is C16H22N4O2. The third kappa shape index (κ3) is 2.83. The molecule has 2 unspecified atom stereocenters. The van der Waals surface area contributed by atoms with Crippen molar-refractivity contribution in [1.29, 1.82) is 0 Å². The maximum atomic E-state index is 12.5. The molecule has 2 atom stereocenters. The van der Waals surface area contributed by atoms with Gasteiger partial charge in [0.05, 0.1) is 29.6 Å². The second-order valence-corrected chi connectivity index (χ2v) is 6.28. The Morgan fingerprint density at radius 3 is 2.91 bits per heavy atom. The number of carbonyl (C=O) groups excluding carboxylic acids is 1. The number of aromatic amines is 1. The molecule has 0 aromatic carbocycles. The number of fused-ring (bicyclic) bond motifs is 1. The van der Waals surface area contributed by atoms with Gasteiger partial charge in [-0.3, -0.25) is 4.79 Å². The molecule has 0 bridgehead atoms. The highest BCUT2D eigenvalue weighted by atomic mass is 16.3. The van der Waals surface area contributed by atoms with E-state index in [2.05, 4.69) is 20.3 Å². The summed E-state index contributed by atoms with van der Waals surface area (Å²) in [5.74, 6) is 0.0512. The lowest BCUT2D eigenvalue weighted by Crippen LogP contribution is -2.45. The average molecular weight is 302 g/mol. The summed E-state index contributed by atoms with van der Waals surface area (Å²) < 4.78 is 0. The predicted molar refractivity (Wildman–Crippen MR) is 83.7 cm³/mol. The summed E-state index contributed by atoms with van der Waals surface area (Å²) in [6, 6.07) is -0.174. The lowest BCUT2D eigenvalue weighted by atomic mass is 9.92. The average Bonchev–Trinajstić information content (AvgIpc) is 2.92. The standard InChI is InChI=1S/C16H22N4O2/c1-9(2)12-8-18-15-14(19-12)10(7-17-15)16(22)20-11-5-3-4-6-13(11)21/h7-9,11,13,21H,3-6H2,1-2H3,(H,17,18)(H,20,22). The summed E-state index contributed by atoms with van der Waals surface area (Å²) in [5, 5.41) is 12.9. The van der Waals surface area contributed by atoms with Crippen LogP contribution in [0.25, 0.3) is 11.2 Å². The highest BCUT2D eigenvalue weighted by Gasteiger charge is 2.26. The quantitative estimate of drug-likeness (QED) is 0.810. The lowest BCUT2D eigenvalue weighted by Gasteiger charge is -2.28. The molecule has 2 aromatic heterocycles. The summed E-state index contributed by atoms with van der Waals surface area (Å²) >= 11 is 0. The van der Waals surface area contributed by atoms with Crippen LogP contribution in [-0.2, 0) is 0 Å². The number of nitrogens with one attached hydrogen (secondary N) is 2. The van der Waals surface area contributed by atoms with Crippen LogP contribution in [0.1, 0.15) is 61.5 Å². The van der Waals surface area contributed by atoms with Crippen molar-refractivity contribution in [1.82, 2.24) is 20.3 Å². The van der Waals surface area contributed by atoms with Gasteiger partial charge >= 0.3 is 0 Å². The van der Waals surface area contributed by atoms with Crippen LogP contribution in [0.4, 0.5) is 0 Å². The molecule has 6 nitrogen and oxygen atoms in total. The first-order valence-electron chi connectivity index (χ1n) is 7.89. The molecule has 0 radical (unpaired) electrons. The fourth-order valence-corrected chi connectivity index (χ4v) is 2.88. The third-order valence-electron chi connectivity index (χ3n) is 4.28. The zero-order valence-corrected chi connectivity index (χ0v) is 13.0. The Hall–Kier alpha value is -1.95. The van der Waals surface area contributed by atoms with Crippen LogP contribution in [0.5, 0.6) is 0 Å². The number of hydrogen-bond donors (Lipinski definition) is 3. The lowest BCUT2D eigenvalue weighted by molar-refractivity contribution is 0.0718. The maximum absolute atomic E-state index is 12.5. The van der Waals surface area contributed by atoms with E-state index in [0.29, 0.717) is 16.7 Å². The van der Waals surface area contributed by atoms with Crippen LogP contribution in [0, 0.1) is 0 Å². The summed E-state index contributed by atoms with van der Waals surface area (Å²) in [4.78, 5) is 24.4. The number of nitrogens with zero attached hydrogens (tertiary/aromatic N) is 2. The van der Waals surface area contributed by atoms with E-state index in [1.54, 1.807) is 12.4 Å². The first-order valence-corrected chi connectivity index (χ1v) is 7.89. The molecule has 2 heterocycles. The van der Waals surface area contributed by atoms with Gasteiger partial charge in [0.1, 0.15) is 5.52 Å². The molecule has 0 saturated heterocycles. The molecule has 22 heavy (non-hydrogen) atoms. The monoisotopic (exact) mass is 302 g/mol. The number of aliphatic hydroxyl groups is 1. The normalized spacial score (nSPS) is 22.2. The zero-order chi connectivity index (χ0) is 15.7. The van der Waals surface area contributed by atoms with Gasteiger partial charge in [0, 0.05) is 6.20 Å². The Morgan fingerprint density at radius 1 is 1.41 bits per heavy atom. The van der Waals surface area contributed by atoms with Gasteiger partial charge in [0.25, 0.3) is 5.91 Å². The second kappa shape index (κ2) is 6.04. The van der Waals surface area contributed by atoms with E-state index < -0.39 is 6.10 Å². The highest BCUT2D eigenvalue weighted by molar-refractivity contribution is 6.04. The van der Waals surface area contributed by atoms with Gasteiger partial charge in [0.15, 0.2) is 5.65 Å². The van der Waals surface area contributed by atoms with E-state index in [1.807, 2.05) is 13.8 Å². The highest BCUT2D eigenvalue weighted by Crippen LogP contribution is 2.21. The van der Waals surface area contributed by atoms with Crippen LogP contribution in [-0.4, -0.2) is 38.1 Å². The number of hydrogen-bond acceptors (Lipinski definition) is 4. The number of carbonyl (C=O) groups is 1.